The van der Waals surface area contributed by atoms with Crippen LogP contribution in [0.25, 0.3) is 11.1 Å². The summed E-state index contributed by atoms with van der Waals surface area (Å²) in [6.07, 6.45) is 10.3. The molecule has 2 aromatic heterocycles. The molecule has 5 aliphatic rings. The number of fused-ring (bicyclic) bond motifs is 5. The van der Waals surface area contributed by atoms with Gasteiger partial charge in [-0.3, -0.25) is 24.6 Å². The van der Waals surface area contributed by atoms with Crippen molar-refractivity contribution in [2.45, 2.75) is 212 Å². The van der Waals surface area contributed by atoms with Crippen molar-refractivity contribution < 1.29 is 115 Å². The van der Waals surface area contributed by atoms with Gasteiger partial charge in [-0.1, -0.05) is 82.4 Å². The van der Waals surface area contributed by atoms with Gasteiger partial charge in [0.25, 0.3) is 17.7 Å². The topological polar surface area (TPSA) is 462 Å². The number of nitrogens with two attached hydrogens (primary N) is 2. The van der Waals surface area contributed by atoms with E-state index in [1.165, 1.54) is 16.8 Å². The van der Waals surface area contributed by atoms with E-state index >= 15 is 0 Å². The van der Waals surface area contributed by atoms with Gasteiger partial charge in [0.1, 0.15) is 53.9 Å². The number of cyclic esters (lactones) is 1. The zero-order valence-corrected chi connectivity index (χ0v) is 73.9. The molecule has 9 rings (SSSR count). The molecule has 15 atom stereocenters. The summed E-state index contributed by atoms with van der Waals surface area (Å²) >= 11 is 0. The smallest absolute Gasteiger partial charge is 0.407 e. The van der Waals surface area contributed by atoms with Crippen molar-refractivity contribution in [3.05, 3.63) is 118 Å². The number of amides is 3. The number of nitrogen functional groups attached to an aromatic ring is 2. The van der Waals surface area contributed by atoms with E-state index < -0.39 is 108 Å². The average Bonchev–Trinajstić information content (AvgIpc) is 1.36. The number of ketones is 2. The van der Waals surface area contributed by atoms with Crippen molar-refractivity contribution in [3.63, 3.8) is 0 Å². The van der Waals surface area contributed by atoms with E-state index in [-0.39, 0.29) is 92.7 Å². The lowest BCUT2D eigenvalue weighted by Gasteiger charge is -2.42. The van der Waals surface area contributed by atoms with E-state index in [1.54, 1.807) is 66.2 Å². The van der Waals surface area contributed by atoms with Gasteiger partial charge in [0.15, 0.2) is 11.4 Å². The molecule has 4 aromatic rings. The standard InChI is InChI=1S/C91H134N10O24/c1-58-14-10-9-11-15-59(2)76(112-7)54-70-23-17-63(6)91(111,125-70)84(107)87(108)101-30-13-12-16-72(101)88(109)122-69(53-73(102)60(3)49-62(5)82(105)83(106)81(104)61(4)48-58)24-19-64-20-25-75(77(51-64)113-8)124-90(110)95-29-33-115-35-37-117-39-41-119-43-45-121-47-46-120-44-42-118-40-38-116-36-34-114-32-28-78(103)100-31-27-66-50-65(18-21-68(66)56-100)55-96-86-79(85(93)97-57-98-86)80(92)67-22-26-74-71(52-67)99-89(94)123-74/h9-11,14-15,18,21-22,26,49-50,52,57-58,60-61,63-64,69-70,72-73,75-77,82-83,92,102,105-106,111H,12-13,16-17,19-20,23-25,27-48,51,53-56H2,1-8H3,(H2,94,99)(H,95,110)(H3,93,96,97,98)/b11-9?,14-10+,59-15?,62-49+,92-80?/t58-,60-,61-,63-,64-,69-,70+,72+,73-,75-,76+,77-,82-,83+,91-/m1/s1. The number of allylic oxidation sites excluding steroid dienone is 5. The predicted octanol–water partition coefficient (Wildman–Crippen LogP) is 8.04. The van der Waals surface area contributed by atoms with Crippen LogP contribution in [0.5, 0.6) is 0 Å². The molecule has 125 heavy (non-hydrogen) atoms. The highest BCUT2D eigenvalue weighted by atomic mass is 16.6. The van der Waals surface area contributed by atoms with Gasteiger partial charge in [0, 0.05) is 83.1 Å². The molecule has 1 aliphatic carbocycles. The van der Waals surface area contributed by atoms with Crippen LogP contribution < -0.4 is 22.1 Å². The lowest BCUT2D eigenvalue weighted by atomic mass is 9.81. The van der Waals surface area contributed by atoms with Crippen LogP contribution in [0.3, 0.4) is 0 Å². The maximum atomic E-state index is 14.6. The van der Waals surface area contributed by atoms with Crippen LogP contribution in [-0.4, -0.2) is 287 Å². The van der Waals surface area contributed by atoms with Gasteiger partial charge in [0.2, 0.25) is 11.7 Å². The maximum Gasteiger partial charge on any atom is 0.407 e. The summed E-state index contributed by atoms with van der Waals surface area (Å²) in [5, 5.41) is 61.5. The quantitative estimate of drug-likeness (QED) is 0.00673. The average molecular weight is 1750 g/mol. The second kappa shape index (κ2) is 52.0. The van der Waals surface area contributed by atoms with Gasteiger partial charge < -0.3 is 118 Å². The third-order valence-electron chi connectivity index (χ3n) is 23.8. The lowest BCUT2D eigenvalue weighted by molar-refractivity contribution is -0.265. The Morgan fingerprint density at radius 3 is 2.03 bits per heavy atom. The Bertz CT molecular complexity index is 4220. The number of anilines is 3. The Labute approximate surface area is 733 Å². The summed E-state index contributed by atoms with van der Waals surface area (Å²) < 4.78 is 80.5. The summed E-state index contributed by atoms with van der Waals surface area (Å²) in [6.45, 7) is 18.1. The monoisotopic (exact) mass is 1750 g/mol. The first-order chi connectivity index (χ1) is 60.2. The largest absolute Gasteiger partial charge is 0.461 e. The first-order valence-corrected chi connectivity index (χ1v) is 44.1. The third kappa shape index (κ3) is 31.1. The Hall–Kier alpha value is -8.56. The minimum Gasteiger partial charge on any atom is -0.461 e. The lowest BCUT2D eigenvalue weighted by Crippen LogP contribution is -2.60. The minimum absolute atomic E-state index is 0.0135. The number of hydrogen-bond acceptors (Lipinski definition) is 31. The number of nitrogens with one attached hydrogen (secondary N) is 3. The number of nitrogens with zero attached hydrogens (tertiary/aromatic N) is 5. The molecule has 2 bridgehead atoms. The Morgan fingerprint density at radius 1 is 0.688 bits per heavy atom. The highest BCUT2D eigenvalue weighted by Gasteiger charge is 2.53. The van der Waals surface area contributed by atoms with Gasteiger partial charge in [-0.15, -0.1) is 0 Å². The number of benzene rings is 2. The molecule has 0 unspecified atom stereocenters. The van der Waals surface area contributed by atoms with Crippen molar-refractivity contribution in [3.8, 4) is 0 Å². The van der Waals surface area contributed by atoms with Crippen LogP contribution in [0.15, 0.2) is 94.7 Å². The molecule has 3 amide bonds. The zero-order valence-electron chi connectivity index (χ0n) is 73.9. The van der Waals surface area contributed by atoms with E-state index in [1.807, 2.05) is 61.3 Å². The second-order valence-corrected chi connectivity index (χ2v) is 33.1. The number of alkyl carbamates (subject to hydrolysis) is 1. The molecule has 34 heteroatoms. The summed E-state index contributed by atoms with van der Waals surface area (Å²) in [6, 6.07) is 10.2. The molecule has 6 heterocycles. The molecule has 34 nitrogen and oxygen atoms in total. The third-order valence-corrected chi connectivity index (χ3v) is 23.8. The van der Waals surface area contributed by atoms with Crippen LogP contribution in [0, 0.1) is 35.0 Å². The van der Waals surface area contributed by atoms with Crippen molar-refractivity contribution in [1.82, 2.24) is 30.1 Å². The van der Waals surface area contributed by atoms with Crippen molar-refractivity contribution in [2.75, 3.05) is 156 Å². The Morgan fingerprint density at radius 2 is 1.36 bits per heavy atom. The van der Waals surface area contributed by atoms with Crippen molar-refractivity contribution >= 4 is 69.9 Å². The van der Waals surface area contributed by atoms with E-state index in [0.717, 1.165) is 23.1 Å². The van der Waals surface area contributed by atoms with E-state index in [4.69, 9.17) is 82.9 Å². The number of piperidine rings is 1. The number of carbonyl (C=O) groups is 6. The SMILES string of the molecule is CO[C@H]1C[C@@H]2CC[C@@H](C)[C@@](O)(O2)C(=O)C(=O)N2CCCC[C@H]2C(=O)O[C@H](CC[C@@H]2CC[C@@H](OC(=O)NCCOCCOCCOCCOCCOCCOCCOCCOCCC(=O)N3CCc4cc(CNc5ncnc(N)c5C(=N)c5ccc6oc(N)nc6c5)ccc4C3)[C@H](OC)C2)C[C@@H](O)[C@H](C)/C=C(\C)[C@@H](O)[C@@H](O)C(=O)[C@H](C)C[C@H](C)/C=C/C=CC=C1C. The molecule has 2 saturated heterocycles. The molecular weight excluding hydrogens is 1620 g/mol. The molecule has 11 N–H and O–H groups in total. The van der Waals surface area contributed by atoms with E-state index in [9.17, 15) is 49.2 Å². The predicted molar refractivity (Wildman–Crippen MR) is 464 cm³/mol. The van der Waals surface area contributed by atoms with Gasteiger partial charge in [-0.2, -0.15) is 4.98 Å². The summed E-state index contributed by atoms with van der Waals surface area (Å²) in [5.74, 6) is -7.43. The first kappa shape index (κ1) is 100. The molecule has 2 aromatic carbocycles. The minimum atomic E-state index is -2.47. The van der Waals surface area contributed by atoms with Gasteiger partial charge in [0.05, 0.1) is 148 Å². The molecule has 0 radical (unpaired) electrons. The van der Waals surface area contributed by atoms with Crippen LogP contribution >= 0.6 is 0 Å². The number of aliphatic hydroxyl groups is 4. The second-order valence-electron chi connectivity index (χ2n) is 33.1. The molecule has 1 saturated carbocycles. The van der Waals surface area contributed by atoms with Gasteiger partial charge in [-0.05, 0) is 149 Å². The van der Waals surface area contributed by atoms with Crippen LogP contribution in [-0.2, 0) is 105 Å². The molecular formula is C91H134N10O24. The van der Waals surface area contributed by atoms with Crippen molar-refractivity contribution in [1.29, 1.82) is 5.41 Å². The molecule has 3 fully saturated rings. The summed E-state index contributed by atoms with van der Waals surface area (Å²) in [7, 11) is 3.11. The van der Waals surface area contributed by atoms with E-state index in [2.05, 4.69) is 31.7 Å². The Kier molecular flexibility index (Phi) is 41.7. The molecule has 692 valence electrons. The number of methoxy groups -OCH3 is 2. The van der Waals surface area contributed by atoms with Crippen molar-refractivity contribution in [2.24, 2.45) is 29.6 Å². The van der Waals surface area contributed by atoms with E-state index in [0.29, 0.717) is 205 Å². The molecule has 0 spiro atoms. The fraction of sp³-hybridized carbons (Fsp3) is 0.648. The highest BCUT2D eigenvalue weighted by molar-refractivity contribution is 6.39. The number of aromatic nitrogens is 3. The van der Waals surface area contributed by atoms with Gasteiger partial charge in [-0.25, -0.2) is 19.6 Å². The number of oxazole rings is 1. The normalized spacial score (nSPS) is 26.8. The highest BCUT2D eigenvalue weighted by Crippen LogP contribution is 2.39. The van der Waals surface area contributed by atoms with Crippen LogP contribution in [0.4, 0.5) is 22.4 Å². The number of carbonyl (C=O) groups excluding carboxylic acids is 6. The number of hydrogen-bond donors (Lipinski definition) is 9. The number of Topliss-reactive ketones (excluding diaryl/α,β-unsaturated/α-hetero) is 2. The van der Waals surface area contributed by atoms with Crippen LogP contribution in [0.2, 0.25) is 0 Å². The fourth-order valence-electron chi connectivity index (χ4n) is 16.3. The van der Waals surface area contributed by atoms with Crippen LogP contribution in [0.1, 0.15) is 159 Å². The first-order valence-electron chi connectivity index (χ1n) is 44.1. The number of aliphatic hydroxyl groups excluding tert-OH is 3. The number of ether oxygens (including phenoxy) is 13. The number of rotatable bonds is 38. The zero-order chi connectivity index (χ0) is 89.8. The van der Waals surface area contributed by atoms with Gasteiger partial charge >= 0.3 is 12.1 Å². The molecule has 4 aliphatic heterocycles. The number of esters is 1. The fourth-order valence-corrected chi connectivity index (χ4v) is 16.3. The Balaban J connectivity index is 0.583. The summed E-state index contributed by atoms with van der Waals surface area (Å²) in [5.41, 5.74) is 18.5. The summed E-state index contributed by atoms with van der Waals surface area (Å²) in [4.78, 5) is 98.9. The maximum absolute atomic E-state index is 14.6.